The summed E-state index contributed by atoms with van der Waals surface area (Å²) in [6.07, 6.45) is -0.340. The van der Waals surface area contributed by atoms with Crippen LogP contribution in [0.25, 0.3) is 0 Å². The van der Waals surface area contributed by atoms with E-state index in [4.69, 9.17) is 0 Å². The molecule has 0 aromatic heterocycles. The number of aromatic hydroxyl groups is 1. The van der Waals surface area contributed by atoms with E-state index in [1.807, 2.05) is 19.2 Å². The van der Waals surface area contributed by atoms with E-state index in [1.54, 1.807) is 6.07 Å². The van der Waals surface area contributed by atoms with Gasteiger partial charge in [0.15, 0.2) is 0 Å². The lowest BCUT2D eigenvalue weighted by atomic mass is 9.51. The van der Waals surface area contributed by atoms with Crippen molar-refractivity contribution in [2.45, 2.75) is 108 Å². The van der Waals surface area contributed by atoms with E-state index in [0.29, 0.717) is 24.0 Å². The van der Waals surface area contributed by atoms with E-state index in [9.17, 15) is 32.2 Å². The molecule has 4 rings (SSSR count). The predicted octanol–water partition coefficient (Wildman–Crippen LogP) is 8.38. The normalized spacial score (nSPS) is 31.2. The molecule has 0 spiro atoms. The zero-order valence-corrected chi connectivity index (χ0v) is 25.6. The minimum absolute atomic E-state index is 0.158. The van der Waals surface area contributed by atoms with Gasteiger partial charge in [-0.1, -0.05) is 25.8 Å². The molecule has 0 heterocycles. The highest BCUT2D eigenvalue weighted by molar-refractivity contribution is 7.99. The molecule has 240 valence electrons. The van der Waals surface area contributed by atoms with Crippen LogP contribution in [-0.2, 0) is 6.42 Å². The van der Waals surface area contributed by atoms with Crippen molar-refractivity contribution in [2.75, 3.05) is 31.6 Å². The molecule has 3 nitrogen and oxygen atoms in total. The Morgan fingerprint density at radius 1 is 1.00 bits per heavy atom. The van der Waals surface area contributed by atoms with E-state index in [-0.39, 0.29) is 29.4 Å². The Hall–Kier alpha value is -1.13. The van der Waals surface area contributed by atoms with Crippen LogP contribution in [0.5, 0.6) is 5.75 Å². The number of hydrogen-bond donors (Lipinski definition) is 2. The summed E-state index contributed by atoms with van der Waals surface area (Å²) < 4.78 is 78.5. The molecule has 1 aromatic carbocycles. The van der Waals surface area contributed by atoms with Gasteiger partial charge in [0.05, 0.1) is 6.10 Å². The second kappa shape index (κ2) is 13.9. The number of phenols is 1. The van der Waals surface area contributed by atoms with Crippen LogP contribution in [0.1, 0.15) is 88.2 Å². The Balaban J connectivity index is 1.19. The largest absolute Gasteiger partial charge is 0.508 e. The highest BCUT2D eigenvalue weighted by atomic mass is 32.2. The fourth-order valence-corrected chi connectivity index (χ4v) is 9.07. The molecule has 0 aliphatic heterocycles. The van der Waals surface area contributed by atoms with Crippen LogP contribution >= 0.6 is 11.8 Å². The maximum absolute atomic E-state index is 15.9. The highest BCUT2D eigenvalue weighted by Gasteiger charge is 2.60. The maximum atomic E-state index is 15.9. The van der Waals surface area contributed by atoms with Gasteiger partial charge in [0.2, 0.25) is 0 Å². The van der Waals surface area contributed by atoms with E-state index in [1.165, 1.54) is 11.8 Å². The van der Waals surface area contributed by atoms with Crippen LogP contribution in [0.4, 0.5) is 26.3 Å². The van der Waals surface area contributed by atoms with Gasteiger partial charge in [-0.05, 0) is 129 Å². The van der Waals surface area contributed by atoms with Gasteiger partial charge in [-0.3, -0.25) is 0 Å². The minimum Gasteiger partial charge on any atom is -0.508 e. The van der Waals surface area contributed by atoms with E-state index in [0.717, 1.165) is 81.3 Å². The van der Waals surface area contributed by atoms with Crippen molar-refractivity contribution >= 4 is 11.8 Å². The molecule has 3 aliphatic carbocycles. The molecule has 10 heteroatoms. The quantitative estimate of drug-likeness (QED) is 0.161. The zero-order valence-electron chi connectivity index (χ0n) is 24.8. The van der Waals surface area contributed by atoms with Gasteiger partial charge < -0.3 is 15.1 Å². The molecule has 0 saturated heterocycles. The lowest BCUT2D eigenvalue weighted by Crippen LogP contribution is -2.51. The van der Waals surface area contributed by atoms with Gasteiger partial charge in [-0.2, -0.15) is 33.7 Å². The number of alkyl halides is 6. The Morgan fingerprint density at radius 2 is 1.71 bits per heavy atom. The number of fused-ring (bicyclic) bond motifs is 5. The molecule has 3 aliphatic rings. The van der Waals surface area contributed by atoms with Gasteiger partial charge in [-0.15, -0.1) is 0 Å². The summed E-state index contributed by atoms with van der Waals surface area (Å²) in [4.78, 5) is 2.23. The number of rotatable bonds is 14. The maximum Gasteiger partial charge on any atom is 0.453 e. The summed E-state index contributed by atoms with van der Waals surface area (Å²) in [5.41, 5.74) is 1.74. The number of aliphatic hydroxyl groups is 1. The van der Waals surface area contributed by atoms with Crippen molar-refractivity contribution in [1.29, 1.82) is 0 Å². The first-order valence-electron chi connectivity index (χ1n) is 15.6. The third-order valence-corrected chi connectivity index (χ3v) is 11.6. The Kier molecular flexibility index (Phi) is 11.2. The SMILES string of the molecule is CN(CCCCC[C@@H]1Cc2cc(O)ccc2C2C1C1CC[C@H](O)[C@@]1(C)C[C@@H]2F)CCCSCCCC(F)(F)C(F)(F)F. The Morgan fingerprint density at radius 3 is 2.45 bits per heavy atom. The number of nitrogens with zero attached hydrogens (tertiary/aromatic N) is 1. The smallest absolute Gasteiger partial charge is 0.453 e. The number of thioether (sulfide) groups is 1. The van der Waals surface area contributed by atoms with Crippen LogP contribution in [-0.4, -0.2) is 71.1 Å². The number of hydrogen-bond acceptors (Lipinski definition) is 4. The van der Waals surface area contributed by atoms with E-state index in [2.05, 4.69) is 11.8 Å². The predicted molar refractivity (Wildman–Crippen MR) is 156 cm³/mol. The first-order chi connectivity index (χ1) is 19.7. The lowest BCUT2D eigenvalue weighted by molar-refractivity contribution is -0.284. The van der Waals surface area contributed by atoms with Gasteiger partial charge in [-0.25, -0.2) is 4.39 Å². The molecule has 3 unspecified atom stereocenters. The number of halogens is 6. The summed E-state index contributed by atoms with van der Waals surface area (Å²) in [7, 11) is 2.04. The molecular weight excluding hydrogens is 576 g/mol. The second-order valence-corrected chi connectivity index (χ2v) is 14.5. The van der Waals surface area contributed by atoms with E-state index < -0.39 is 30.8 Å². The topological polar surface area (TPSA) is 43.7 Å². The first-order valence-corrected chi connectivity index (χ1v) is 16.7. The van der Waals surface area contributed by atoms with Crippen molar-refractivity contribution in [3.05, 3.63) is 29.3 Å². The fraction of sp³-hybridized carbons (Fsp3) is 0.812. The molecule has 0 amide bonds. The fourth-order valence-electron chi connectivity index (χ4n) is 8.19. The highest BCUT2D eigenvalue weighted by Crippen LogP contribution is 2.63. The number of benzene rings is 1. The van der Waals surface area contributed by atoms with Crippen molar-refractivity contribution in [3.8, 4) is 5.75 Å². The monoisotopic (exact) mass is 623 g/mol. The van der Waals surface area contributed by atoms with Crippen LogP contribution < -0.4 is 0 Å². The van der Waals surface area contributed by atoms with Crippen molar-refractivity contribution in [1.82, 2.24) is 4.90 Å². The molecule has 0 radical (unpaired) electrons. The number of unbranched alkanes of at least 4 members (excludes halogenated alkanes) is 2. The second-order valence-electron chi connectivity index (χ2n) is 13.3. The number of aliphatic hydroxyl groups excluding tert-OH is 1. The summed E-state index contributed by atoms with van der Waals surface area (Å²) in [6.45, 7) is 3.86. The average Bonchev–Trinajstić information content (AvgIpc) is 3.20. The summed E-state index contributed by atoms with van der Waals surface area (Å²) >= 11 is 1.42. The Labute approximate surface area is 250 Å². The van der Waals surface area contributed by atoms with Gasteiger partial charge in [0.1, 0.15) is 11.9 Å². The minimum atomic E-state index is -5.47. The summed E-state index contributed by atoms with van der Waals surface area (Å²) in [5.74, 6) is -2.70. The molecule has 42 heavy (non-hydrogen) atoms. The third-order valence-electron chi connectivity index (χ3n) is 10.4. The van der Waals surface area contributed by atoms with Crippen LogP contribution in [0.15, 0.2) is 18.2 Å². The zero-order chi connectivity index (χ0) is 30.7. The number of phenolic OH excluding ortho intramolecular Hbond substituents is 1. The van der Waals surface area contributed by atoms with Crippen molar-refractivity contribution in [2.24, 2.45) is 23.2 Å². The van der Waals surface area contributed by atoms with E-state index >= 15 is 4.39 Å². The molecule has 2 N–H and O–H groups in total. The van der Waals surface area contributed by atoms with Crippen LogP contribution in [0, 0.1) is 23.2 Å². The molecular formula is C32H47F6NO2S. The van der Waals surface area contributed by atoms with Crippen LogP contribution in [0.2, 0.25) is 0 Å². The molecule has 2 fully saturated rings. The standard InChI is InChI=1S/C32H47F6NO2S/c1-30-20-26(33)29-24-10-9-23(40)19-22(24)18-21(28(29)25(30)11-12-27(30)41)8-4-3-5-14-39(2)15-7-17-42-16-6-13-31(34,35)32(36,37)38/h9-10,19,21,25-29,40-41H,3-8,11-18,20H2,1-2H3/t21-,25?,26+,27+,28?,29?,30+/m1/s1. The van der Waals surface area contributed by atoms with Gasteiger partial charge >= 0.3 is 12.1 Å². The Bertz CT molecular complexity index is 1030. The van der Waals surface area contributed by atoms with Crippen LogP contribution in [0.3, 0.4) is 0 Å². The van der Waals surface area contributed by atoms with Crippen molar-refractivity contribution in [3.63, 3.8) is 0 Å². The third kappa shape index (κ3) is 7.56. The summed E-state index contributed by atoms with van der Waals surface area (Å²) in [6, 6.07) is 5.41. The summed E-state index contributed by atoms with van der Waals surface area (Å²) in [5, 5.41) is 20.9. The first kappa shape index (κ1) is 33.8. The average molecular weight is 624 g/mol. The lowest BCUT2D eigenvalue weighted by Gasteiger charge is -2.54. The molecule has 1 aromatic rings. The molecule has 7 atom stereocenters. The van der Waals surface area contributed by atoms with Crippen molar-refractivity contribution < 1.29 is 36.6 Å². The molecule has 0 bridgehead atoms. The molecule has 2 saturated carbocycles. The van der Waals surface area contributed by atoms with Gasteiger partial charge in [0, 0.05) is 12.3 Å². The van der Waals surface area contributed by atoms with Gasteiger partial charge in [0.25, 0.3) is 0 Å².